The lowest BCUT2D eigenvalue weighted by Crippen LogP contribution is -1.93. The van der Waals surface area contributed by atoms with Gasteiger partial charge < -0.3 is 10.5 Å². The standard InChI is InChI=1S/C12H8ClF2NO/c13-9-5-7(14)1-3-11(9)17-12-4-2-8(15)6-10(12)16/h1-6H,16H2. The van der Waals surface area contributed by atoms with Crippen molar-refractivity contribution in [3.63, 3.8) is 0 Å². The molecule has 0 spiro atoms. The van der Waals surface area contributed by atoms with E-state index in [2.05, 4.69) is 0 Å². The molecule has 0 aromatic heterocycles. The second-order valence-corrected chi connectivity index (χ2v) is 3.77. The fourth-order valence-corrected chi connectivity index (χ4v) is 1.49. The highest BCUT2D eigenvalue weighted by atomic mass is 35.5. The van der Waals surface area contributed by atoms with Crippen molar-refractivity contribution in [2.45, 2.75) is 0 Å². The highest BCUT2D eigenvalue weighted by molar-refractivity contribution is 6.32. The number of hydrogen-bond donors (Lipinski definition) is 1. The molecule has 0 radical (unpaired) electrons. The van der Waals surface area contributed by atoms with Gasteiger partial charge in [0.25, 0.3) is 0 Å². The van der Waals surface area contributed by atoms with Gasteiger partial charge in [-0.2, -0.15) is 0 Å². The topological polar surface area (TPSA) is 35.2 Å². The van der Waals surface area contributed by atoms with Gasteiger partial charge in [0, 0.05) is 6.07 Å². The summed E-state index contributed by atoms with van der Waals surface area (Å²) in [5, 5.41) is 0.119. The Morgan fingerprint density at radius 1 is 0.941 bits per heavy atom. The van der Waals surface area contributed by atoms with Crippen molar-refractivity contribution in [3.8, 4) is 11.5 Å². The van der Waals surface area contributed by atoms with Crippen LogP contribution in [0.4, 0.5) is 14.5 Å². The van der Waals surface area contributed by atoms with E-state index in [0.29, 0.717) is 0 Å². The minimum atomic E-state index is -0.463. The smallest absolute Gasteiger partial charge is 0.150 e. The second kappa shape index (κ2) is 4.59. The minimum absolute atomic E-state index is 0.119. The molecule has 2 aromatic rings. The summed E-state index contributed by atoms with van der Waals surface area (Å²) in [5.41, 5.74) is 5.71. The van der Waals surface area contributed by atoms with Gasteiger partial charge in [0.15, 0.2) is 5.75 Å². The lowest BCUT2D eigenvalue weighted by Gasteiger charge is -2.09. The number of anilines is 1. The van der Waals surface area contributed by atoms with Crippen molar-refractivity contribution in [1.29, 1.82) is 0 Å². The Balaban J connectivity index is 2.31. The minimum Gasteiger partial charge on any atom is -0.454 e. The van der Waals surface area contributed by atoms with E-state index in [-0.39, 0.29) is 22.2 Å². The molecular formula is C12H8ClF2NO. The number of ether oxygens (including phenoxy) is 1. The van der Waals surface area contributed by atoms with Crippen LogP contribution in [-0.4, -0.2) is 0 Å². The second-order valence-electron chi connectivity index (χ2n) is 3.36. The van der Waals surface area contributed by atoms with E-state index in [1.807, 2.05) is 0 Å². The molecule has 0 fully saturated rings. The first-order chi connectivity index (χ1) is 8.06. The van der Waals surface area contributed by atoms with Gasteiger partial charge in [-0.25, -0.2) is 8.78 Å². The molecule has 0 unspecified atom stereocenters. The fraction of sp³-hybridized carbons (Fsp3) is 0. The van der Waals surface area contributed by atoms with Crippen LogP contribution in [0, 0.1) is 11.6 Å². The Morgan fingerprint density at radius 2 is 1.53 bits per heavy atom. The third-order valence-corrected chi connectivity index (χ3v) is 2.38. The van der Waals surface area contributed by atoms with Crippen molar-refractivity contribution in [2.24, 2.45) is 0 Å². The van der Waals surface area contributed by atoms with Crippen LogP contribution < -0.4 is 10.5 Å². The van der Waals surface area contributed by atoms with Crippen molar-refractivity contribution in [2.75, 3.05) is 5.73 Å². The van der Waals surface area contributed by atoms with Gasteiger partial charge in [0.2, 0.25) is 0 Å². The van der Waals surface area contributed by atoms with E-state index >= 15 is 0 Å². The third-order valence-electron chi connectivity index (χ3n) is 2.09. The molecule has 2 aromatic carbocycles. The summed E-state index contributed by atoms with van der Waals surface area (Å²) in [7, 11) is 0. The predicted octanol–water partition coefficient (Wildman–Crippen LogP) is 3.99. The van der Waals surface area contributed by atoms with E-state index in [0.717, 1.165) is 12.1 Å². The lowest BCUT2D eigenvalue weighted by molar-refractivity contribution is 0.481. The third kappa shape index (κ3) is 2.65. The van der Waals surface area contributed by atoms with E-state index in [1.54, 1.807) is 0 Å². The monoisotopic (exact) mass is 255 g/mol. The molecule has 0 aliphatic rings. The zero-order chi connectivity index (χ0) is 12.4. The largest absolute Gasteiger partial charge is 0.454 e. The van der Waals surface area contributed by atoms with Gasteiger partial charge in [-0.05, 0) is 30.3 Å². The number of rotatable bonds is 2. The molecule has 0 bridgehead atoms. The molecule has 0 atom stereocenters. The van der Waals surface area contributed by atoms with Gasteiger partial charge in [-0.3, -0.25) is 0 Å². The van der Waals surface area contributed by atoms with Gasteiger partial charge in [0.1, 0.15) is 17.4 Å². The summed E-state index contributed by atoms with van der Waals surface area (Å²) in [5.74, 6) is -0.402. The molecular weight excluding hydrogens is 248 g/mol. The Labute approximate surface area is 102 Å². The molecule has 17 heavy (non-hydrogen) atoms. The SMILES string of the molecule is Nc1cc(F)ccc1Oc1ccc(F)cc1Cl. The van der Waals surface area contributed by atoms with E-state index in [1.165, 1.54) is 24.3 Å². The molecule has 0 amide bonds. The maximum atomic E-state index is 12.8. The molecule has 0 aliphatic heterocycles. The van der Waals surface area contributed by atoms with Crippen LogP contribution in [0.2, 0.25) is 5.02 Å². The summed E-state index contributed by atoms with van der Waals surface area (Å²) in [4.78, 5) is 0. The van der Waals surface area contributed by atoms with Gasteiger partial charge in [-0.15, -0.1) is 0 Å². The maximum absolute atomic E-state index is 12.8. The number of benzene rings is 2. The van der Waals surface area contributed by atoms with Crippen LogP contribution in [0.3, 0.4) is 0 Å². The van der Waals surface area contributed by atoms with Gasteiger partial charge in [0.05, 0.1) is 10.7 Å². The maximum Gasteiger partial charge on any atom is 0.150 e. The molecule has 88 valence electrons. The Bertz CT molecular complexity index is 511. The van der Waals surface area contributed by atoms with Crippen molar-refractivity contribution in [3.05, 3.63) is 53.1 Å². The Kier molecular flexibility index (Phi) is 3.15. The summed E-state index contributed by atoms with van der Waals surface area (Å²) in [6.45, 7) is 0. The van der Waals surface area contributed by atoms with Crippen LogP contribution in [0.25, 0.3) is 0 Å². The quantitative estimate of drug-likeness (QED) is 0.824. The van der Waals surface area contributed by atoms with Crippen LogP contribution in [0.15, 0.2) is 36.4 Å². The van der Waals surface area contributed by atoms with Crippen molar-refractivity contribution >= 4 is 17.3 Å². The van der Waals surface area contributed by atoms with Crippen LogP contribution in [0.5, 0.6) is 11.5 Å². The number of nitrogen functional groups attached to an aromatic ring is 1. The van der Waals surface area contributed by atoms with Gasteiger partial charge in [-0.1, -0.05) is 11.6 Å². The zero-order valence-corrected chi connectivity index (χ0v) is 9.34. The summed E-state index contributed by atoms with van der Waals surface area (Å²) < 4.78 is 31.0. The molecule has 0 saturated carbocycles. The summed E-state index contributed by atoms with van der Waals surface area (Å²) in [6.07, 6.45) is 0. The number of halogens is 3. The lowest BCUT2D eigenvalue weighted by atomic mass is 10.3. The molecule has 2 N–H and O–H groups in total. The van der Waals surface area contributed by atoms with Crippen molar-refractivity contribution < 1.29 is 13.5 Å². The van der Waals surface area contributed by atoms with E-state index < -0.39 is 11.6 Å². The van der Waals surface area contributed by atoms with Gasteiger partial charge >= 0.3 is 0 Å². The highest BCUT2D eigenvalue weighted by Gasteiger charge is 2.07. The molecule has 0 saturated heterocycles. The average molecular weight is 256 g/mol. The first-order valence-corrected chi connectivity index (χ1v) is 5.12. The fourth-order valence-electron chi connectivity index (χ4n) is 1.29. The summed E-state index contributed by atoms with van der Waals surface area (Å²) >= 11 is 5.78. The zero-order valence-electron chi connectivity index (χ0n) is 8.58. The first kappa shape index (κ1) is 11.7. The van der Waals surface area contributed by atoms with E-state index in [9.17, 15) is 8.78 Å². The molecule has 0 aliphatic carbocycles. The first-order valence-electron chi connectivity index (χ1n) is 4.74. The highest BCUT2D eigenvalue weighted by Crippen LogP contribution is 2.32. The Hall–Kier alpha value is -1.81. The number of hydrogen-bond acceptors (Lipinski definition) is 2. The molecule has 2 rings (SSSR count). The summed E-state index contributed by atoms with van der Waals surface area (Å²) in [6, 6.07) is 7.43. The van der Waals surface area contributed by atoms with Crippen LogP contribution in [0.1, 0.15) is 0 Å². The molecule has 2 nitrogen and oxygen atoms in total. The van der Waals surface area contributed by atoms with E-state index in [4.69, 9.17) is 22.1 Å². The van der Waals surface area contributed by atoms with Crippen molar-refractivity contribution in [1.82, 2.24) is 0 Å². The number of nitrogens with two attached hydrogens (primary N) is 1. The predicted molar refractivity (Wildman–Crippen MR) is 62.3 cm³/mol. The normalized spacial score (nSPS) is 10.3. The van der Waals surface area contributed by atoms with Crippen LogP contribution in [-0.2, 0) is 0 Å². The van der Waals surface area contributed by atoms with Crippen LogP contribution >= 0.6 is 11.6 Å². The Morgan fingerprint density at radius 3 is 2.12 bits per heavy atom. The molecule has 0 heterocycles. The molecule has 5 heteroatoms. The average Bonchev–Trinajstić information content (AvgIpc) is 2.25.